The van der Waals surface area contributed by atoms with Crippen LogP contribution in [0.3, 0.4) is 0 Å². The zero-order chi connectivity index (χ0) is 26.8. The van der Waals surface area contributed by atoms with Gasteiger partial charge in [-0.05, 0) is 69.3 Å². The Labute approximate surface area is 242 Å². The Morgan fingerprint density at radius 1 is 0.590 bits per heavy atom. The van der Waals surface area contributed by atoms with E-state index in [4.69, 9.17) is 0 Å². The molecule has 0 spiro atoms. The van der Waals surface area contributed by atoms with Crippen molar-refractivity contribution in [1.29, 1.82) is 0 Å². The average Bonchev–Trinajstić information content (AvgIpc) is 3.10. The molecule has 1 N–H and O–H groups in total. The van der Waals surface area contributed by atoms with Crippen LogP contribution in [0.5, 0.6) is 0 Å². The molecule has 39 heavy (non-hydrogen) atoms. The predicted octanol–water partition coefficient (Wildman–Crippen LogP) is 9.67. The van der Waals surface area contributed by atoms with Crippen LogP contribution in [0.15, 0.2) is 123 Å². The Hall–Kier alpha value is -3.37. The van der Waals surface area contributed by atoms with Crippen LogP contribution in [0.4, 0.5) is 0 Å². The summed E-state index contributed by atoms with van der Waals surface area (Å²) in [6, 6.07) is 38.2. The minimum absolute atomic E-state index is 0.0582. The number of rotatable bonds is 3. The Morgan fingerprint density at radius 3 is 2.05 bits per heavy atom. The molecule has 0 aliphatic heterocycles. The number of benzene rings is 5. The molecular formula is C36H27BrOS. The first-order chi connectivity index (χ1) is 18.9. The number of halogens is 1. The monoisotopic (exact) mass is 586 g/mol. The first-order valence-corrected chi connectivity index (χ1v) is 14.8. The second kappa shape index (κ2) is 9.09. The van der Waals surface area contributed by atoms with Gasteiger partial charge in [-0.2, -0.15) is 0 Å². The van der Waals surface area contributed by atoms with Crippen LogP contribution in [0, 0.1) is 0 Å². The van der Waals surface area contributed by atoms with Crippen molar-refractivity contribution in [3.8, 4) is 11.1 Å². The molecule has 1 unspecified atom stereocenters. The highest BCUT2D eigenvalue weighted by Crippen LogP contribution is 2.51. The molecule has 1 atom stereocenters. The fraction of sp³-hybridized carbons (Fsp3) is 0.111. The van der Waals surface area contributed by atoms with Gasteiger partial charge in [-0.3, -0.25) is 0 Å². The summed E-state index contributed by atoms with van der Waals surface area (Å²) in [4.78, 5) is 2.20. The lowest BCUT2D eigenvalue weighted by Gasteiger charge is -2.33. The van der Waals surface area contributed by atoms with Gasteiger partial charge < -0.3 is 5.11 Å². The van der Waals surface area contributed by atoms with Crippen LogP contribution in [0.1, 0.15) is 52.8 Å². The van der Waals surface area contributed by atoms with Crippen molar-refractivity contribution in [3.63, 3.8) is 0 Å². The molecule has 5 aromatic rings. The standard InChI is InChI=1S/C36H27BrOS/c1-35(2)30-12-6-4-10-27(30)28-20-19-26(22-33(28)35)39-34-14-8-7-13-31(34)36(38)29-11-5-3-9-23(29)15-16-24-17-18-25(37)21-32(24)36/h3-22,38H,1-2H3. The molecule has 7 rings (SSSR count). The highest BCUT2D eigenvalue weighted by atomic mass is 79.9. The molecule has 3 heteroatoms. The van der Waals surface area contributed by atoms with Crippen molar-refractivity contribution in [2.24, 2.45) is 0 Å². The molecule has 0 saturated carbocycles. The van der Waals surface area contributed by atoms with Gasteiger partial charge in [-0.1, -0.05) is 133 Å². The Balaban J connectivity index is 1.39. The van der Waals surface area contributed by atoms with Crippen LogP contribution in [0.2, 0.25) is 0 Å². The van der Waals surface area contributed by atoms with Crippen molar-refractivity contribution in [3.05, 3.63) is 153 Å². The topological polar surface area (TPSA) is 20.2 Å². The molecular weight excluding hydrogens is 560 g/mol. The van der Waals surface area contributed by atoms with Crippen molar-refractivity contribution in [1.82, 2.24) is 0 Å². The van der Waals surface area contributed by atoms with Crippen LogP contribution < -0.4 is 0 Å². The second-order valence-electron chi connectivity index (χ2n) is 10.8. The summed E-state index contributed by atoms with van der Waals surface area (Å²) in [6.45, 7) is 4.63. The van der Waals surface area contributed by atoms with Gasteiger partial charge in [0.25, 0.3) is 0 Å². The fourth-order valence-corrected chi connectivity index (χ4v) is 7.70. The molecule has 0 fully saturated rings. The van der Waals surface area contributed by atoms with Gasteiger partial charge in [0.05, 0.1) is 0 Å². The first kappa shape index (κ1) is 24.7. The van der Waals surface area contributed by atoms with E-state index in [1.54, 1.807) is 11.8 Å². The fourth-order valence-electron chi connectivity index (χ4n) is 6.30. The molecule has 0 heterocycles. The van der Waals surface area contributed by atoms with E-state index in [9.17, 15) is 5.11 Å². The number of hydrogen-bond acceptors (Lipinski definition) is 2. The van der Waals surface area contributed by atoms with E-state index >= 15 is 0 Å². The van der Waals surface area contributed by atoms with Crippen molar-refractivity contribution in [2.75, 3.05) is 0 Å². The third-order valence-electron chi connectivity index (χ3n) is 8.26. The van der Waals surface area contributed by atoms with Gasteiger partial charge in [-0.25, -0.2) is 0 Å². The quantitative estimate of drug-likeness (QED) is 0.227. The number of aliphatic hydroxyl groups is 1. The summed E-state index contributed by atoms with van der Waals surface area (Å²) < 4.78 is 0.943. The van der Waals surface area contributed by atoms with Crippen LogP contribution in [0.25, 0.3) is 23.3 Å². The van der Waals surface area contributed by atoms with Gasteiger partial charge in [-0.15, -0.1) is 0 Å². The minimum atomic E-state index is -1.32. The van der Waals surface area contributed by atoms with Gasteiger partial charge in [0.15, 0.2) is 0 Å². The van der Waals surface area contributed by atoms with Gasteiger partial charge in [0.2, 0.25) is 0 Å². The molecule has 190 valence electrons. The maximum Gasteiger partial charge on any atom is 0.142 e. The lowest BCUT2D eigenvalue weighted by Crippen LogP contribution is -2.31. The van der Waals surface area contributed by atoms with E-state index in [2.05, 4.69) is 121 Å². The predicted molar refractivity (Wildman–Crippen MR) is 166 cm³/mol. The normalized spacial score (nSPS) is 18.1. The Morgan fingerprint density at radius 2 is 1.23 bits per heavy atom. The SMILES string of the molecule is CC1(C)c2ccccc2-c2ccc(Sc3ccccc3C3(O)c4ccccc4C=Cc4ccc(Br)cc43)cc21. The zero-order valence-electron chi connectivity index (χ0n) is 21.8. The molecule has 2 aliphatic rings. The van der Waals surface area contributed by atoms with E-state index < -0.39 is 5.60 Å². The first-order valence-electron chi connectivity index (χ1n) is 13.2. The third kappa shape index (κ3) is 3.79. The molecule has 2 aliphatic carbocycles. The summed E-state index contributed by atoms with van der Waals surface area (Å²) >= 11 is 5.38. The van der Waals surface area contributed by atoms with Crippen molar-refractivity contribution in [2.45, 2.75) is 34.7 Å². The lowest BCUT2D eigenvalue weighted by molar-refractivity contribution is 0.122. The zero-order valence-corrected chi connectivity index (χ0v) is 24.2. The summed E-state index contributed by atoms with van der Waals surface area (Å²) in [6.07, 6.45) is 4.21. The third-order valence-corrected chi connectivity index (χ3v) is 9.82. The van der Waals surface area contributed by atoms with Crippen LogP contribution in [-0.4, -0.2) is 5.11 Å². The molecule has 1 nitrogen and oxygen atoms in total. The maximum atomic E-state index is 12.9. The lowest BCUT2D eigenvalue weighted by atomic mass is 9.78. The van der Waals surface area contributed by atoms with Gasteiger partial charge in [0.1, 0.15) is 5.60 Å². The molecule has 5 aromatic carbocycles. The van der Waals surface area contributed by atoms with E-state index in [-0.39, 0.29) is 5.41 Å². The van der Waals surface area contributed by atoms with Crippen LogP contribution >= 0.6 is 27.7 Å². The van der Waals surface area contributed by atoms with E-state index in [1.807, 2.05) is 30.3 Å². The molecule has 0 aromatic heterocycles. The highest BCUT2D eigenvalue weighted by Gasteiger charge is 2.40. The van der Waals surface area contributed by atoms with Gasteiger partial charge >= 0.3 is 0 Å². The van der Waals surface area contributed by atoms with Crippen molar-refractivity contribution >= 4 is 39.8 Å². The summed E-state index contributed by atoms with van der Waals surface area (Å²) in [5.41, 5.74) is 8.65. The average molecular weight is 588 g/mol. The summed E-state index contributed by atoms with van der Waals surface area (Å²) in [5, 5.41) is 12.9. The van der Waals surface area contributed by atoms with Gasteiger partial charge in [0, 0.05) is 30.8 Å². The minimum Gasteiger partial charge on any atom is -0.376 e. The molecule has 0 saturated heterocycles. The summed E-state index contributed by atoms with van der Waals surface area (Å²) in [7, 11) is 0. The number of hydrogen-bond donors (Lipinski definition) is 1. The number of fused-ring (bicyclic) bond motifs is 5. The van der Waals surface area contributed by atoms with Crippen molar-refractivity contribution < 1.29 is 5.11 Å². The Bertz CT molecular complexity index is 1800. The molecule has 0 bridgehead atoms. The van der Waals surface area contributed by atoms with E-state index in [0.29, 0.717) is 0 Å². The smallest absolute Gasteiger partial charge is 0.142 e. The molecule has 0 radical (unpaired) electrons. The highest BCUT2D eigenvalue weighted by molar-refractivity contribution is 9.10. The summed E-state index contributed by atoms with van der Waals surface area (Å²) in [5.74, 6) is 0. The molecule has 0 amide bonds. The van der Waals surface area contributed by atoms with E-state index in [1.165, 1.54) is 27.1 Å². The van der Waals surface area contributed by atoms with E-state index in [0.717, 1.165) is 37.2 Å². The second-order valence-corrected chi connectivity index (χ2v) is 12.9. The Kier molecular flexibility index (Phi) is 5.75. The van der Waals surface area contributed by atoms with Crippen LogP contribution in [-0.2, 0) is 11.0 Å². The maximum absolute atomic E-state index is 12.9. The largest absolute Gasteiger partial charge is 0.376 e.